The molecule has 3 aromatic rings. The van der Waals surface area contributed by atoms with Crippen LogP contribution in [0.5, 0.6) is 5.88 Å². The third-order valence-corrected chi connectivity index (χ3v) is 4.80. The summed E-state index contributed by atoms with van der Waals surface area (Å²) in [7, 11) is 3.68. The normalized spacial score (nSPS) is 15.4. The number of piperazine rings is 1. The highest BCUT2D eigenvalue weighted by Gasteiger charge is 2.16. The fourth-order valence-corrected chi connectivity index (χ4v) is 3.22. The average molecular weight is 351 g/mol. The molecule has 1 aliphatic rings. The Kier molecular flexibility index (Phi) is 4.34. The Morgan fingerprint density at radius 2 is 1.88 bits per heavy atom. The van der Waals surface area contributed by atoms with Gasteiger partial charge in [0.05, 0.1) is 18.4 Å². The number of pyridine rings is 1. The van der Waals surface area contributed by atoms with Crippen LogP contribution in [0.4, 0.5) is 5.69 Å². The van der Waals surface area contributed by atoms with E-state index >= 15 is 0 Å². The molecule has 0 aliphatic carbocycles. The van der Waals surface area contributed by atoms with Gasteiger partial charge in [-0.15, -0.1) is 0 Å². The summed E-state index contributed by atoms with van der Waals surface area (Å²) in [4.78, 5) is 21.5. The number of aromatic nitrogens is 1. The Morgan fingerprint density at radius 1 is 1.08 bits per heavy atom. The summed E-state index contributed by atoms with van der Waals surface area (Å²) in [6, 6.07) is 13.2. The molecule has 3 heterocycles. The van der Waals surface area contributed by atoms with Gasteiger partial charge in [-0.3, -0.25) is 0 Å². The molecule has 0 unspecified atom stereocenters. The van der Waals surface area contributed by atoms with Crippen molar-refractivity contribution < 1.29 is 9.15 Å². The van der Waals surface area contributed by atoms with E-state index in [0.29, 0.717) is 22.7 Å². The van der Waals surface area contributed by atoms with Crippen molar-refractivity contribution in [1.82, 2.24) is 9.88 Å². The monoisotopic (exact) mass is 351 g/mol. The van der Waals surface area contributed by atoms with Crippen molar-refractivity contribution in [3.63, 3.8) is 0 Å². The van der Waals surface area contributed by atoms with Crippen LogP contribution >= 0.6 is 0 Å². The van der Waals surface area contributed by atoms with Crippen LogP contribution in [0.25, 0.3) is 22.2 Å². The zero-order chi connectivity index (χ0) is 18.1. The minimum atomic E-state index is -0.395. The zero-order valence-electron chi connectivity index (χ0n) is 14.9. The lowest BCUT2D eigenvalue weighted by atomic mass is 10.1. The first-order valence-electron chi connectivity index (χ1n) is 8.67. The van der Waals surface area contributed by atoms with Gasteiger partial charge in [-0.05, 0) is 31.3 Å². The number of likely N-dealkylation sites (N-methyl/N-ethyl adjacent to an activating group) is 1. The Balaban J connectivity index is 1.72. The molecule has 0 spiro atoms. The predicted molar refractivity (Wildman–Crippen MR) is 102 cm³/mol. The van der Waals surface area contributed by atoms with E-state index in [1.54, 1.807) is 25.3 Å². The molecule has 1 aromatic carbocycles. The number of anilines is 1. The van der Waals surface area contributed by atoms with Crippen LogP contribution in [-0.4, -0.2) is 50.2 Å². The highest BCUT2D eigenvalue weighted by atomic mass is 16.5. The van der Waals surface area contributed by atoms with Crippen LogP contribution in [0.1, 0.15) is 0 Å². The van der Waals surface area contributed by atoms with Gasteiger partial charge in [0.15, 0.2) is 0 Å². The molecule has 26 heavy (non-hydrogen) atoms. The third-order valence-electron chi connectivity index (χ3n) is 4.80. The largest absolute Gasteiger partial charge is 0.481 e. The third kappa shape index (κ3) is 3.15. The van der Waals surface area contributed by atoms with Crippen molar-refractivity contribution in [1.29, 1.82) is 0 Å². The Bertz CT molecular complexity index is 991. The number of methoxy groups -OCH3 is 1. The summed E-state index contributed by atoms with van der Waals surface area (Å²) in [6.45, 7) is 4.00. The lowest BCUT2D eigenvalue weighted by molar-refractivity contribution is 0.313. The van der Waals surface area contributed by atoms with Gasteiger partial charge >= 0.3 is 5.63 Å². The molecular formula is C20H21N3O3. The molecule has 1 saturated heterocycles. The fourth-order valence-electron chi connectivity index (χ4n) is 3.22. The number of benzene rings is 1. The van der Waals surface area contributed by atoms with E-state index in [1.165, 1.54) is 0 Å². The maximum atomic E-state index is 12.5. The van der Waals surface area contributed by atoms with Crippen molar-refractivity contribution >= 4 is 16.7 Å². The lowest BCUT2D eigenvalue weighted by Crippen LogP contribution is -2.44. The summed E-state index contributed by atoms with van der Waals surface area (Å²) in [6.07, 6.45) is 0. The topological polar surface area (TPSA) is 58.8 Å². The van der Waals surface area contributed by atoms with Gasteiger partial charge in [0, 0.05) is 49.4 Å². The van der Waals surface area contributed by atoms with Crippen LogP contribution in [0.2, 0.25) is 0 Å². The van der Waals surface area contributed by atoms with Gasteiger partial charge in [-0.1, -0.05) is 6.07 Å². The molecule has 0 saturated carbocycles. The summed E-state index contributed by atoms with van der Waals surface area (Å²) in [5.41, 5.74) is 2.26. The Hall–Kier alpha value is -2.86. The number of fused-ring (bicyclic) bond motifs is 1. The summed E-state index contributed by atoms with van der Waals surface area (Å²) in [5, 5.41) is 0.877. The number of nitrogens with zero attached hydrogens (tertiary/aromatic N) is 3. The SMILES string of the molecule is COc1cccc(-c2cc3ccc(N4CCN(C)CC4)cc3oc2=O)n1. The number of hydrogen-bond acceptors (Lipinski definition) is 6. The summed E-state index contributed by atoms with van der Waals surface area (Å²) < 4.78 is 10.7. The molecule has 2 aromatic heterocycles. The maximum Gasteiger partial charge on any atom is 0.345 e. The van der Waals surface area contributed by atoms with E-state index in [0.717, 1.165) is 37.3 Å². The van der Waals surface area contributed by atoms with E-state index in [-0.39, 0.29) is 0 Å². The number of rotatable bonds is 3. The molecule has 0 radical (unpaired) electrons. The van der Waals surface area contributed by atoms with E-state index in [4.69, 9.17) is 9.15 Å². The predicted octanol–water partition coefficient (Wildman–Crippen LogP) is 2.62. The lowest BCUT2D eigenvalue weighted by Gasteiger charge is -2.34. The van der Waals surface area contributed by atoms with Gasteiger partial charge in [0.2, 0.25) is 5.88 Å². The van der Waals surface area contributed by atoms with Gasteiger partial charge in [-0.25, -0.2) is 9.78 Å². The number of hydrogen-bond donors (Lipinski definition) is 0. The molecule has 6 heteroatoms. The molecule has 4 rings (SSSR count). The van der Waals surface area contributed by atoms with Crippen molar-refractivity contribution in [2.45, 2.75) is 0 Å². The van der Waals surface area contributed by atoms with Gasteiger partial charge < -0.3 is 19.0 Å². The van der Waals surface area contributed by atoms with Crippen LogP contribution in [0.3, 0.4) is 0 Å². The molecule has 6 nitrogen and oxygen atoms in total. The number of ether oxygens (including phenoxy) is 1. The second-order valence-corrected chi connectivity index (χ2v) is 6.53. The smallest absolute Gasteiger partial charge is 0.345 e. The molecule has 1 aliphatic heterocycles. The van der Waals surface area contributed by atoms with Crippen molar-refractivity contribution in [3.05, 3.63) is 52.9 Å². The average Bonchev–Trinajstić information content (AvgIpc) is 2.67. The second kappa shape index (κ2) is 6.80. The highest BCUT2D eigenvalue weighted by Crippen LogP contribution is 2.25. The minimum absolute atomic E-state index is 0.395. The van der Waals surface area contributed by atoms with Crippen molar-refractivity contribution in [3.8, 4) is 17.1 Å². The molecule has 0 amide bonds. The zero-order valence-corrected chi connectivity index (χ0v) is 14.9. The van der Waals surface area contributed by atoms with Crippen LogP contribution in [0.15, 0.2) is 51.7 Å². The maximum absolute atomic E-state index is 12.5. The molecule has 134 valence electrons. The quantitative estimate of drug-likeness (QED) is 0.676. The van der Waals surface area contributed by atoms with Crippen LogP contribution < -0.4 is 15.3 Å². The molecule has 0 atom stereocenters. The van der Waals surface area contributed by atoms with E-state index in [9.17, 15) is 4.79 Å². The second-order valence-electron chi connectivity index (χ2n) is 6.53. The molecular weight excluding hydrogens is 330 g/mol. The van der Waals surface area contributed by atoms with E-state index < -0.39 is 5.63 Å². The fraction of sp³-hybridized carbons (Fsp3) is 0.300. The van der Waals surface area contributed by atoms with Gasteiger partial charge in [0.1, 0.15) is 5.58 Å². The molecule has 0 N–H and O–H groups in total. The van der Waals surface area contributed by atoms with Crippen LogP contribution in [0, 0.1) is 0 Å². The first-order valence-corrected chi connectivity index (χ1v) is 8.67. The molecule has 0 bridgehead atoms. The van der Waals surface area contributed by atoms with E-state index in [1.807, 2.05) is 18.2 Å². The summed E-state index contributed by atoms with van der Waals surface area (Å²) in [5.74, 6) is 0.465. The first-order chi connectivity index (χ1) is 12.6. The molecule has 1 fully saturated rings. The summed E-state index contributed by atoms with van der Waals surface area (Å²) >= 11 is 0. The highest BCUT2D eigenvalue weighted by molar-refractivity contribution is 5.84. The van der Waals surface area contributed by atoms with Crippen LogP contribution in [-0.2, 0) is 0 Å². The Morgan fingerprint density at radius 3 is 2.65 bits per heavy atom. The standard InChI is InChI=1S/C20H21N3O3/c1-22-8-10-23(11-9-22)15-7-6-14-12-16(20(24)26-18(14)13-15)17-4-3-5-19(21-17)25-2/h3-7,12-13H,8-11H2,1-2H3. The van der Waals surface area contributed by atoms with Crippen molar-refractivity contribution in [2.24, 2.45) is 0 Å². The first kappa shape index (κ1) is 16.6. The van der Waals surface area contributed by atoms with Gasteiger partial charge in [0.25, 0.3) is 0 Å². The van der Waals surface area contributed by atoms with Gasteiger partial charge in [-0.2, -0.15) is 0 Å². The van der Waals surface area contributed by atoms with Crippen molar-refractivity contribution in [2.75, 3.05) is 45.2 Å². The Labute approximate surface area is 151 Å². The minimum Gasteiger partial charge on any atom is -0.481 e. The van der Waals surface area contributed by atoms with E-state index in [2.05, 4.69) is 27.9 Å².